The number of nitrogens with one attached hydrogen (secondary N) is 1. The Bertz CT molecular complexity index is 796. The van der Waals surface area contributed by atoms with E-state index in [-0.39, 0.29) is 0 Å². The fraction of sp³-hybridized carbons (Fsp3) is 0.429. The van der Waals surface area contributed by atoms with Crippen molar-refractivity contribution in [3.8, 4) is 11.1 Å². The summed E-state index contributed by atoms with van der Waals surface area (Å²) < 4.78 is 38.7. The smallest absolute Gasteiger partial charge is 0.371 e. The van der Waals surface area contributed by atoms with Crippen molar-refractivity contribution in [2.45, 2.75) is 32.5 Å². The SMILES string of the molecule is CC1CCN(c2cc3c(c(-c4ccc(C(F)(F)F)cc4)c2)CCNC3)C1. The summed E-state index contributed by atoms with van der Waals surface area (Å²) in [6.07, 6.45) is -2.21. The van der Waals surface area contributed by atoms with Crippen LogP contribution in [0, 0.1) is 5.92 Å². The molecule has 0 saturated carbocycles. The molecule has 1 fully saturated rings. The number of anilines is 1. The van der Waals surface area contributed by atoms with Gasteiger partial charge in [-0.3, -0.25) is 0 Å². The first-order valence-corrected chi connectivity index (χ1v) is 9.21. The van der Waals surface area contributed by atoms with Crippen LogP contribution in [0.4, 0.5) is 18.9 Å². The number of hydrogen-bond acceptors (Lipinski definition) is 2. The molecule has 4 rings (SSSR count). The van der Waals surface area contributed by atoms with E-state index in [1.54, 1.807) is 12.1 Å². The van der Waals surface area contributed by atoms with Crippen LogP contribution in [0.25, 0.3) is 11.1 Å². The van der Waals surface area contributed by atoms with Gasteiger partial charge in [0.1, 0.15) is 0 Å². The molecule has 0 aliphatic carbocycles. The fourth-order valence-corrected chi connectivity index (χ4v) is 4.05. The van der Waals surface area contributed by atoms with Gasteiger partial charge in [0.05, 0.1) is 5.56 Å². The van der Waals surface area contributed by atoms with Crippen LogP contribution in [0.3, 0.4) is 0 Å². The minimum atomic E-state index is -4.30. The Morgan fingerprint density at radius 3 is 2.54 bits per heavy atom. The Hall–Kier alpha value is -2.01. The molecule has 2 nitrogen and oxygen atoms in total. The Morgan fingerprint density at radius 1 is 1.12 bits per heavy atom. The van der Waals surface area contributed by atoms with Crippen molar-refractivity contribution in [2.75, 3.05) is 24.5 Å². The predicted molar refractivity (Wildman–Crippen MR) is 98.3 cm³/mol. The third kappa shape index (κ3) is 3.32. The minimum absolute atomic E-state index is 0.596. The molecule has 1 N–H and O–H groups in total. The highest BCUT2D eigenvalue weighted by molar-refractivity contribution is 5.74. The van der Waals surface area contributed by atoms with E-state index in [0.717, 1.165) is 43.7 Å². The summed E-state index contributed by atoms with van der Waals surface area (Å²) >= 11 is 0. The Morgan fingerprint density at radius 2 is 1.88 bits per heavy atom. The number of rotatable bonds is 2. The maximum atomic E-state index is 12.9. The summed E-state index contributed by atoms with van der Waals surface area (Å²) in [6, 6.07) is 10.0. The number of alkyl halides is 3. The number of benzene rings is 2. The lowest BCUT2D eigenvalue weighted by Gasteiger charge is -2.26. The zero-order valence-electron chi connectivity index (χ0n) is 14.9. The van der Waals surface area contributed by atoms with Gasteiger partial charge in [-0.25, -0.2) is 0 Å². The van der Waals surface area contributed by atoms with E-state index in [1.165, 1.54) is 35.4 Å². The van der Waals surface area contributed by atoms with Crippen molar-refractivity contribution in [3.05, 3.63) is 53.1 Å². The molecular weight excluding hydrogens is 337 g/mol. The van der Waals surface area contributed by atoms with Crippen molar-refractivity contribution >= 4 is 5.69 Å². The molecule has 2 aromatic rings. The van der Waals surface area contributed by atoms with Gasteiger partial charge in [-0.15, -0.1) is 0 Å². The summed E-state index contributed by atoms with van der Waals surface area (Å²) in [4.78, 5) is 2.40. The van der Waals surface area contributed by atoms with Gasteiger partial charge < -0.3 is 10.2 Å². The van der Waals surface area contributed by atoms with E-state index in [4.69, 9.17) is 0 Å². The molecule has 2 aromatic carbocycles. The maximum Gasteiger partial charge on any atom is 0.416 e. The molecule has 1 unspecified atom stereocenters. The first-order valence-electron chi connectivity index (χ1n) is 9.21. The molecular formula is C21H23F3N2. The zero-order valence-corrected chi connectivity index (χ0v) is 14.9. The summed E-state index contributed by atoms with van der Waals surface area (Å²) in [7, 11) is 0. The van der Waals surface area contributed by atoms with Crippen molar-refractivity contribution in [3.63, 3.8) is 0 Å². The van der Waals surface area contributed by atoms with Crippen LogP contribution in [0.5, 0.6) is 0 Å². The van der Waals surface area contributed by atoms with Crippen LogP contribution in [0.1, 0.15) is 30.0 Å². The van der Waals surface area contributed by atoms with Gasteiger partial charge in [-0.2, -0.15) is 13.2 Å². The van der Waals surface area contributed by atoms with Crippen LogP contribution in [0.2, 0.25) is 0 Å². The molecule has 1 saturated heterocycles. The lowest BCUT2D eigenvalue weighted by Crippen LogP contribution is -2.26. The Balaban J connectivity index is 1.76. The van der Waals surface area contributed by atoms with Gasteiger partial charge in [0.15, 0.2) is 0 Å². The first kappa shape index (κ1) is 17.4. The molecule has 1 atom stereocenters. The molecule has 26 heavy (non-hydrogen) atoms. The number of hydrogen-bond donors (Lipinski definition) is 1. The predicted octanol–water partition coefficient (Wildman–Crippen LogP) is 4.86. The van der Waals surface area contributed by atoms with E-state index in [2.05, 4.69) is 29.3 Å². The van der Waals surface area contributed by atoms with Crippen LogP contribution in [0.15, 0.2) is 36.4 Å². The highest BCUT2D eigenvalue weighted by Crippen LogP contribution is 2.36. The molecule has 2 aliphatic heterocycles. The highest BCUT2D eigenvalue weighted by Gasteiger charge is 2.30. The minimum Gasteiger partial charge on any atom is -0.371 e. The van der Waals surface area contributed by atoms with Gasteiger partial charge >= 0.3 is 6.18 Å². The van der Waals surface area contributed by atoms with E-state index >= 15 is 0 Å². The number of halogens is 3. The molecule has 0 radical (unpaired) electrons. The number of nitrogens with zero attached hydrogens (tertiary/aromatic N) is 1. The van der Waals surface area contributed by atoms with Gasteiger partial charge in [-0.1, -0.05) is 19.1 Å². The average molecular weight is 360 g/mol. The van der Waals surface area contributed by atoms with Gasteiger partial charge in [0, 0.05) is 25.3 Å². The first-order chi connectivity index (χ1) is 12.4. The lowest BCUT2D eigenvalue weighted by molar-refractivity contribution is -0.137. The zero-order chi connectivity index (χ0) is 18.3. The molecule has 2 heterocycles. The van der Waals surface area contributed by atoms with Crippen molar-refractivity contribution in [1.29, 1.82) is 0 Å². The summed E-state index contributed by atoms with van der Waals surface area (Å²) in [5.41, 5.74) is 5.06. The number of fused-ring (bicyclic) bond motifs is 1. The highest BCUT2D eigenvalue weighted by atomic mass is 19.4. The van der Waals surface area contributed by atoms with E-state index < -0.39 is 11.7 Å². The molecule has 0 spiro atoms. The van der Waals surface area contributed by atoms with Crippen molar-refractivity contribution in [1.82, 2.24) is 5.32 Å². The standard InChI is InChI=1S/C21H23F3N2/c1-14-7-9-26(13-14)18-10-16-12-25-8-6-19(16)20(11-18)15-2-4-17(5-3-15)21(22,23)24/h2-5,10-11,14,25H,6-9,12-13H2,1H3. The monoisotopic (exact) mass is 360 g/mol. The fourth-order valence-electron chi connectivity index (χ4n) is 4.05. The summed E-state index contributed by atoms with van der Waals surface area (Å²) in [5.74, 6) is 0.679. The van der Waals surface area contributed by atoms with Crippen LogP contribution in [-0.2, 0) is 19.1 Å². The second-order valence-corrected chi connectivity index (χ2v) is 7.47. The van der Waals surface area contributed by atoms with Crippen LogP contribution >= 0.6 is 0 Å². The van der Waals surface area contributed by atoms with Gasteiger partial charge in [0.2, 0.25) is 0 Å². The van der Waals surface area contributed by atoms with E-state index in [0.29, 0.717) is 5.92 Å². The molecule has 0 aromatic heterocycles. The topological polar surface area (TPSA) is 15.3 Å². The van der Waals surface area contributed by atoms with Gasteiger partial charge in [-0.05, 0) is 71.8 Å². The van der Waals surface area contributed by atoms with E-state index in [9.17, 15) is 13.2 Å². The van der Waals surface area contributed by atoms with Crippen LogP contribution < -0.4 is 10.2 Å². The maximum absolute atomic E-state index is 12.9. The molecule has 5 heteroatoms. The summed E-state index contributed by atoms with van der Waals surface area (Å²) in [6.45, 7) is 6.07. The van der Waals surface area contributed by atoms with Gasteiger partial charge in [0.25, 0.3) is 0 Å². The average Bonchev–Trinajstić information content (AvgIpc) is 3.06. The van der Waals surface area contributed by atoms with Crippen molar-refractivity contribution < 1.29 is 13.2 Å². The second kappa shape index (κ2) is 6.62. The lowest BCUT2D eigenvalue weighted by atomic mass is 9.90. The normalized spacial score (nSPS) is 20.3. The van der Waals surface area contributed by atoms with Crippen molar-refractivity contribution in [2.24, 2.45) is 5.92 Å². The third-order valence-electron chi connectivity index (χ3n) is 5.51. The molecule has 0 bridgehead atoms. The molecule has 2 aliphatic rings. The van der Waals surface area contributed by atoms with Crippen LogP contribution in [-0.4, -0.2) is 19.6 Å². The Labute approximate surface area is 152 Å². The summed E-state index contributed by atoms with van der Waals surface area (Å²) in [5, 5.41) is 3.41. The third-order valence-corrected chi connectivity index (χ3v) is 5.51. The largest absolute Gasteiger partial charge is 0.416 e. The quantitative estimate of drug-likeness (QED) is 0.822. The second-order valence-electron chi connectivity index (χ2n) is 7.47. The van der Waals surface area contributed by atoms with E-state index in [1.807, 2.05) is 0 Å². The Kier molecular flexibility index (Phi) is 4.43. The molecule has 0 amide bonds. The molecule has 138 valence electrons.